The van der Waals surface area contributed by atoms with Gasteiger partial charge in [-0.05, 0) is 12.8 Å². The average Bonchev–Trinajstić information content (AvgIpc) is 3.11. The molecule has 0 amide bonds. The van der Waals surface area contributed by atoms with Crippen molar-refractivity contribution in [2.45, 2.75) is 159 Å². The monoisotopic (exact) mass is 1390 g/mol. The molecule has 0 aromatic heterocycles. The minimum atomic E-state index is -9.53. The van der Waals surface area contributed by atoms with Gasteiger partial charge in [0, 0.05) is 20.7 Å². The van der Waals surface area contributed by atoms with E-state index < -0.39 is 159 Å². The van der Waals surface area contributed by atoms with E-state index in [1.165, 1.54) is 0 Å². The molecule has 44 heteroatoms. The lowest BCUT2D eigenvalue weighted by Crippen LogP contribution is -2.76. The highest BCUT2D eigenvalue weighted by molar-refractivity contribution is 14.1. The summed E-state index contributed by atoms with van der Waals surface area (Å²) in [5.41, 5.74) is 0. The molecule has 0 saturated carbocycles. The lowest BCUT2D eigenvalue weighted by molar-refractivity contribution is -0.474. The first kappa shape index (κ1) is 69.5. The molecule has 0 aromatic rings. The third-order valence-corrected chi connectivity index (χ3v) is 11.3. The second-order valence-corrected chi connectivity index (χ2v) is 17.7. The normalized spacial score (nSPS) is 17.7. The minimum absolute atomic E-state index is 0.215. The van der Waals surface area contributed by atoms with Gasteiger partial charge in [-0.25, -0.2) is 0 Å². The molecule has 0 rings (SSSR count). The Morgan fingerprint density at radius 2 is 0.324 bits per heavy atom. The van der Waals surface area contributed by atoms with E-state index in [0.717, 1.165) is 0 Å². The summed E-state index contributed by atoms with van der Waals surface area (Å²) < 4.78 is 564. The molecule has 2 atom stereocenters. The largest absolute Gasteiger partial charge is 0.460 e. The zero-order valence-electron chi connectivity index (χ0n) is 31.3. The Balaban J connectivity index is 6.62. The van der Waals surface area contributed by atoms with Crippen LogP contribution in [0, 0.1) is 0 Å². The summed E-state index contributed by atoms with van der Waals surface area (Å²) in [4.78, 5) is 0. The number of hydrogen-bond donors (Lipinski definition) is 0. The zero-order valence-corrected chi connectivity index (χ0v) is 35.6. The van der Waals surface area contributed by atoms with Crippen LogP contribution < -0.4 is 0 Å². The number of halogens is 44. The Labute approximate surface area is 388 Å². The van der Waals surface area contributed by atoms with Gasteiger partial charge in [-0.1, -0.05) is 51.6 Å². The van der Waals surface area contributed by atoms with Crippen molar-refractivity contribution in [3.63, 3.8) is 0 Å². The van der Waals surface area contributed by atoms with Crippen molar-refractivity contribution in [2.75, 3.05) is 0 Å². The lowest BCUT2D eigenvalue weighted by Gasteiger charge is -2.44. The Bertz CT molecular complexity index is 1700. The van der Waals surface area contributed by atoms with Crippen LogP contribution in [0.15, 0.2) is 0 Å². The first-order valence-corrected chi connectivity index (χ1v) is 18.7. The van der Waals surface area contributed by atoms with Crippen molar-refractivity contribution >= 4 is 45.2 Å². The molecule has 0 radical (unpaired) electrons. The molecule has 0 heterocycles. The van der Waals surface area contributed by atoms with Crippen LogP contribution in [-0.2, 0) is 0 Å². The molecule has 0 aliphatic rings. The first-order valence-electron chi connectivity index (χ1n) is 16.2. The first-order chi connectivity index (χ1) is 30.0. The van der Waals surface area contributed by atoms with E-state index in [2.05, 4.69) is 0 Å². The third kappa shape index (κ3) is 9.73. The van der Waals surface area contributed by atoms with Crippen LogP contribution in [0.1, 0.15) is 32.1 Å². The molecular weight excluding hydrogens is 1380 g/mol. The quantitative estimate of drug-likeness (QED) is 0.0513. The summed E-state index contributed by atoms with van der Waals surface area (Å²) in [5, 5.41) is 0. The maximum atomic E-state index is 14.3. The molecule has 428 valence electrons. The van der Waals surface area contributed by atoms with Gasteiger partial charge in [0.2, 0.25) is 0 Å². The summed E-state index contributed by atoms with van der Waals surface area (Å²) in [5.74, 6) is -161. The van der Waals surface area contributed by atoms with E-state index in [4.69, 9.17) is 0 Å². The molecule has 0 saturated heterocycles. The van der Waals surface area contributed by atoms with Crippen LogP contribution in [0.5, 0.6) is 0 Å². The van der Waals surface area contributed by atoms with Gasteiger partial charge in [0.1, 0.15) is 0 Å². The highest BCUT2D eigenvalue weighted by Crippen LogP contribution is 2.69. The fraction of sp³-hybridized carbons (Fsp3) is 1.00. The molecule has 0 nitrogen and oxygen atoms in total. The van der Waals surface area contributed by atoms with Gasteiger partial charge in [-0.3, -0.25) is 0 Å². The van der Waals surface area contributed by atoms with E-state index in [1.54, 1.807) is 0 Å². The van der Waals surface area contributed by atoms with Crippen LogP contribution in [0.25, 0.3) is 0 Å². The van der Waals surface area contributed by atoms with Crippen molar-refractivity contribution < 1.29 is 184 Å². The third-order valence-electron chi connectivity index (χ3n) is 9.14. The SMILES string of the molecule is FC(F)(F)C(F)(F)C(F)(F)C(F)(F)C(F)(F)C(F)(F)C(F)(F)C(F)(F)C(F)(F)C(F)(F)CC(I)CCCC(I)CC(F)(F)C(F)(F)C(F)(F)C(F)(F)C(F)(F)C(F)(F)C(F)(F)C(F)(F)C(F)(F)C(F)(F)F. The predicted molar refractivity (Wildman–Crippen MR) is 160 cm³/mol. The van der Waals surface area contributed by atoms with E-state index in [0.29, 0.717) is 0 Å². The highest BCUT2D eigenvalue weighted by atomic mass is 127. The standard InChI is InChI=1S/C27H12F42I2/c28-8(29,10(32,33)12(36,37)14(40,41)16(44,45)18(48,49)20(52,53)22(56,57)24(60,61)26(64,65)66)4-6(70)2-1-3-7(71)5-9(30,31)11(34,35)13(38,39)15(42,43)17(46,47)19(50,51)21(54,55)23(58,59)25(62,63)27(67,68)69/h6-7H,1-5H2. The van der Waals surface area contributed by atoms with Crippen LogP contribution in [0.4, 0.5) is 184 Å². The average molecular weight is 1390 g/mol. The Morgan fingerprint density at radius 3 is 0.465 bits per heavy atom. The Morgan fingerprint density at radius 1 is 0.197 bits per heavy atom. The second-order valence-electron chi connectivity index (χ2n) is 14.1. The Hall–Kier alpha value is -1.48. The van der Waals surface area contributed by atoms with Gasteiger partial charge < -0.3 is 0 Å². The van der Waals surface area contributed by atoms with E-state index >= 15 is 0 Å². The number of alkyl halides is 44. The smallest absolute Gasteiger partial charge is 0.200 e. The maximum Gasteiger partial charge on any atom is 0.460 e. The molecule has 2 unspecified atom stereocenters. The number of rotatable bonds is 24. The zero-order chi connectivity index (χ0) is 58.7. The molecule has 0 N–H and O–H groups in total. The molecule has 0 aliphatic heterocycles. The minimum Gasteiger partial charge on any atom is -0.200 e. The fourth-order valence-electron chi connectivity index (χ4n) is 4.76. The summed E-state index contributed by atoms with van der Waals surface area (Å²) in [6.07, 6.45) is -28.2. The molecular formula is C27H12F42I2. The Kier molecular flexibility index (Phi) is 18.2. The predicted octanol–water partition coefficient (Wildman–Crippen LogP) is 17.1. The molecule has 0 spiro atoms. The highest BCUT2D eigenvalue weighted by Gasteiger charge is 3.00. The van der Waals surface area contributed by atoms with Gasteiger partial charge in [-0.15, -0.1) is 0 Å². The molecule has 0 aromatic carbocycles. The summed E-state index contributed by atoms with van der Waals surface area (Å²) in [6, 6.07) is 0. The molecule has 71 heavy (non-hydrogen) atoms. The van der Waals surface area contributed by atoms with Gasteiger partial charge in [-0.2, -0.15) is 184 Å². The van der Waals surface area contributed by atoms with Crippen LogP contribution in [0.2, 0.25) is 0 Å². The van der Waals surface area contributed by atoms with Crippen molar-refractivity contribution in [1.82, 2.24) is 0 Å². The summed E-state index contributed by atoms with van der Waals surface area (Å²) in [7, 11) is 0. The topological polar surface area (TPSA) is 0 Å². The van der Waals surface area contributed by atoms with Crippen LogP contribution in [0.3, 0.4) is 0 Å². The van der Waals surface area contributed by atoms with Gasteiger partial charge in [0.05, 0.1) is 0 Å². The van der Waals surface area contributed by atoms with E-state index in [1.807, 2.05) is 0 Å². The van der Waals surface area contributed by atoms with Crippen LogP contribution in [-0.4, -0.2) is 127 Å². The molecule has 0 aliphatic carbocycles. The van der Waals surface area contributed by atoms with Crippen molar-refractivity contribution in [3.05, 3.63) is 0 Å². The fourth-order valence-corrected chi connectivity index (χ4v) is 6.75. The summed E-state index contributed by atoms with van der Waals surface area (Å²) in [6.45, 7) is 0. The van der Waals surface area contributed by atoms with Crippen molar-refractivity contribution in [3.8, 4) is 0 Å². The molecule has 0 fully saturated rings. The van der Waals surface area contributed by atoms with Gasteiger partial charge in [0.25, 0.3) is 0 Å². The maximum absolute atomic E-state index is 14.3. The van der Waals surface area contributed by atoms with Gasteiger partial charge >= 0.3 is 119 Å². The van der Waals surface area contributed by atoms with Crippen molar-refractivity contribution in [2.24, 2.45) is 0 Å². The lowest BCUT2D eigenvalue weighted by atomic mass is 9.85. The van der Waals surface area contributed by atoms with Gasteiger partial charge in [0.15, 0.2) is 0 Å². The second kappa shape index (κ2) is 18.6. The molecule has 0 bridgehead atoms. The van der Waals surface area contributed by atoms with E-state index in [-0.39, 0.29) is 45.2 Å². The van der Waals surface area contributed by atoms with Crippen molar-refractivity contribution in [1.29, 1.82) is 0 Å². The van der Waals surface area contributed by atoms with Crippen LogP contribution >= 0.6 is 45.2 Å². The van der Waals surface area contributed by atoms with E-state index in [9.17, 15) is 184 Å². The summed E-state index contributed by atoms with van der Waals surface area (Å²) >= 11 is 0.429. The number of hydrogen-bond acceptors (Lipinski definition) is 0.